The van der Waals surface area contributed by atoms with Crippen LogP contribution in [0.1, 0.15) is 30.9 Å². The molecule has 0 spiro atoms. The fraction of sp³-hybridized carbons (Fsp3) is 0.667. The van der Waals surface area contributed by atoms with E-state index in [-0.39, 0.29) is 12.0 Å². The van der Waals surface area contributed by atoms with Crippen molar-refractivity contribution in [2.45, 2.75) is 31.3 Å². The van der Waals surface area contributed by atoms with Gasteiger partial charge in [-0.05, 0) is 12.8 Å². The topological polar surface area (TPSA) is 38.0 Å². The van der Waals surface area contributed by atoms with E-state index in [1.807, 2.05) is 7.05 Å². The van der Waals surface area contributed by atoms with Crippen molar-refractivity contribution in [2.75, 3.05) is 0 Å². The molecule has 2 unspecified atom stereocenters. The third-order valence-electron chi connectivity index (χ3n) is 2.77. The number of nitrogens with zero attached hydrogens (tertiary/aromatic N) is 2. The van der Waals surface area contributed by atoms with E-state index < -0.39 is 0 Å². The second-order valence-corrected chi connectivity index (χ2v) is 4.01. The molecule has 2 rings (SSSR count). The molecule has 0 bridgehead atoms. The number of aryl methyl sites for hydroxylation is 1. The minimum absolute atomic E-state index is 0.181. The summed E-state index contributed by atoms with van der Waals surface area (Å²) in [6, 6.07) is 0. The maximum absolute atomic E-state index is 9.71. The van der Waals surface area contributed by atoms with E-state index in [0.29, 0.717) is 5.02 Å². The highest BCUT2D eigenvalue weighted by Gasteiger charge is 2.30. The molecule has 0 radical (unpaired) electrons. The molecule has 13 heavy (non-hydrogen) atoms. The molecule has 1 aliphatic rings. The summed E-state index contributed by atoms with van der Waals surface area (Å²) in [6.45, 7) is 0. The van der Waals surface area contributed by atoms with Gasteiger partial charge >= 0.3 is 0 Å². The van der Waals surface area contributed by atoms with Gasteiger partial charge in [-0.15, -0.1) is 0 Å². The zero-order valence-electron chi connectivity index (χ0n) is 7.57. The van der Waals surface area contributed by atoms with Crippen LogP contribution in [-0.4, -0.2) is 21.0 Å². The van der Waals surface area contributed by atoms with Gasteiger partial charge in [0.15, 0.2) is 0 Å². The summed E-state index contributed by atoms with van der Waals surface area (Å²) in [5, 5.41) is 14.5. The summed E-state index contributed by atoms with van der Waals surface area (Å²) < 4.78 is 1.77. The van der Waals surface area contributed by atoms with E-state index in [1.165, 1.54) is 0 Å². The minimum Gasteiger partial charge on any atom is -0.392 e. The summed E-state index contributed by atoms with van der Waals surface area (Å²) in [6.07, 6.45) is 4.37. The van der Waals surface area contributed by atoms with Crippen molar-refractivity contribution < 1.29 is 5.11 Å². The summed E-state index contributed by atoms with van der Waals surface area (Å²) >= 11 is 6.00. The summed E-state index contributed by atoms with van der Waals surface area (Å²) in [5.41, 5.74) is 0.978. The molecule has 0 aromatic carbocycles. The Morgan fingerprint density at radius 3 is 2.85 bits per heavy atom. The molecule has 1 aromatic heterocycles. The normalized spacial score (nSPS) is 28.2. The zero-order chi connectivity index (χ0) is 9.42. The Labute approximate surface area is 82.3 Å². The standard InChI is InChI=1S/C9H13ClN2O/c1-12-9(7(10)5-11-12)6-3-2-4-8(6)13/h5-6,8,13H,2-4H2,1H3. The van der Waals surface area contributed by atoms with Crippen LogP contribution in [0.2, 0.25) is 5.02 Å². The Morgan fingerprint density at radius 2 is 2.38 bits per heavy atom. The molecular formula is C9H13ClN2O. The maximum atomic E-state index is 9.71. The molecule has 1 aromatic rings. The van der Waals surface area contributed by atoms with E-state index in [4.69, 9.17) is 11.6 Å². The number of rotatable bonds is 1. The molecule has 3 nitrogen and oxygen atoms in total. The van der Waals surface area contributed by atoms with E-state index in [1.54, 1.807) is 10.9 Å². The first kappa shape index (κ1) is 9.03. The van der Waals surface area contributed by atoms with Crippen molar-refractivity contribution in [2.24, 2.45) is 7.05 Å². The Hall–Kier alpha value is -0.540. The van der Waals surface area contributed by atoms with Crippen molar-refractivity contribution >= 4 is 11.6 Å². The van der Waals surface area contributed by atoms with Gasteiger partial charge in [-0.3, -0.25) is 4.68 Å². The number of aliphatic hydroxyl groups excluding tert-OH is 1. The molecule has 4 heteroatoms. The summed E-state index contributed by atoms with van der Waals surface area (Å²) in [7, 11) is 1.87. The third-order valence-corrected chi connectivity index (χ3v) is 3.06. The van der Waals surface area contributed by atoms with Gasteiger partial charge in [-0.1, -0.05) is 18.0 Å². The molecular weight excluding hydrogens is 188 g/mol. The van der Waals surface area contributed by atoms with Gasteiger partial charge in [-0.2, -0.15) is 5.10 Å². The van der Waals surface area contributed by atoms with Crippen molar-refractivity contribution in [3.8, 4) is 0 Å². The van der Waals surface area contributed by atoms with E-state index in [2.05, 4.69) is 5.10 Å². The van der Waals surface area contributed by atoms with Gasteiger partial charge in [-0.25, -0.2) is 0 Å². The molecule has 1 fully saturated rings. The lowest BCUT2D eigenvalue weighted by atomic mass is 10.0. The lowest BCUT2D eigenvalue weighted by Gasteiger charge is -2.14. The number of hydrogen-bond acceptors (Lipinski definition) is 2. The first-order chi connectivity index (χ1) is 6.20. The van der Waals surface area contributed by atoms with Crippen LogP contribution in [0, 0.1) is 0 Å². The highest BCUT2D eigenvalue weighted by Crippen LogP contribution is 2.37. The predicted octanol–water partition coefficient (Wildman–Crippen LogP) is 1.70. The van der Waals surface area contributed by atoms with Gasteiger partial charge < -0.3 is 5.11 Å². The predicted molar refractivity (Wildman–Crippen MR) is 50.8 cm³/mol. The average molecular weight is 201 g/mol. The van der Waals surface area contributed by atoms with Gasteiger partial charge in [0, 0.05) is 13.0 Å². The largest absolute Gasteiger partial charge is 0.392 e. The van der Waals surface area contributed by atoms with Crippen LogP contribution in [0.4, 0.5) is 0 Å². The lowest BCUT2D eigenvalue weighted by molar-refractivity contribution is 0.160. The highest BCUT2D eigenvalue weighted by atomic mass is 35.5. The Kier molecular flexibility index (Phi) is 2.30. The Balaban J connectivity index is 2.33. The fourth-order valence-electron chi connectivity index (χ4n) is 2.10. The summed E-state index contributed by atoms with van der Waals surface area (Å²) in [4.78, 5) is 0. The quantitative estimate of drug-likeness (QED) is 0.750. The molecule has 72 valence electrons. The second kappa shape index (κ2) is 3.31. The molecule has 1 aliphatic carbocycles. The van der Waals surface area contributed by atoms with Crippen molar-refractivity contribution in [1.29, 1.82) is 0 Å². The van der Waals surface area contributed by atoms with Crippen LogP contribution in [0.3, 0.4) is 0 Å². The van der Waals surface area contributed by atoms with Crippen LogP contribution in [0.15, 0.2) is 6.20 Å². The lowest BCUT2D eigenvalue weighted by Crippen LogP contribution is -2.15. The second-order valence-electron chi connectivity index (χ2n) is 3.61. The molecule has 1 N–H and O–H groups in total. The van der Waals surface area contributed by atoms with E-state index in [9.17, 15) is 5.11 Å². The Morgan fingerprint density at radius 1 is 1.62 bits per heavy atom. The van der Waals surface area contributed by atoms with Gasteiger partial charge in [0.2, 0.25) is 0 Å². The van der Waals surface area contributed by atoms with Crippen LogP contribution in [0.5, 0.6) is 0 Å². The third kappa shape index (κ3) is 1.46. The first-order valence-corrected chi connectivity index (χ1v) is 4.93. The molecule has 2 atom stereocenters. The monoisotopic (exact) mass is 200 g/mol. The van der Waals surface area contributed by atoms with Crippen molar-refractivity contribution in [3.05, 3.63) is 16.9 Å². The zero-order valence-corrected chi connectivity index (χ0v) is 8.33. The van der Waals surface area contributed by atoms with Crippen LogP contribution in [-0.2, 0) is 7.05 Å². The van der Waals surface area contributed by atoms with Crippen molar-refractivity contribution in [1.82, 2.24) is 9.78 Å². The number of aliphatic hydroxyl groups is 1. The van der Waals surface area contributed by atoms with Crippen molar-refractivity contribution in [3.63, 3.8) is 0 Å². The fourth-order valence-corrected chi connectivity index (χ4v) is 2.40. The van der Waals surface area contributed by atoms with E-state index in [0.717, 1.165) is 25.0 Å². The Bertz CT molecular complexity index is 291. The molecule has 0 saturated heterocycles. The first-order valence-electron chi connectivity index (χ1n) is 4.55. The van der Waals surface area contributed by atoms with E-state index >= 15 is 0 Å². The number of halogens is 1. The summed E-state index contributed by atoms with van der Waals surface area (Å²) in [5.74, 6) is 0.181. The smallest absolute Gasteiger partial charge is 0.0821 e. The van der Waals surface area contributed by atoms with Gasteiger partial charge in [0.25, 0.3) is 0 Å². The van der Waals surface area contributed by atoms with Gasteiger partial charge in [0.05, 0.1) is 23.0 Å². The van der Waals surface area contributed by atoms with Gasteiger partial charge in [0.1, 0.15) is 0 Å². The highest BCUT2D eigenvalue weighted by molar-refractivity contribution is 6.31. The molecule has 1 heterocycles. The van der Waals surface area contributed by atoms with Crippen LogP contribution >= 0.6 is 11.6 Å². The minimum atomic E-state index is -0.243. The van der Waals surface area contributed by atoms with Crippen LogP contribution in [0.25, 0.3) is 0 Å². The average Bonchev–Trinajstić information content (AvgIpc) is 2.60. The molecule has 0 aliphatic heterocycles. The molecule has 0 amide bonds. The maximum Gasteiger partial charge on any atom is 0.0821 e. The number of aromatic nitrogens is 2. The molecule has 1 saturated carbocycles. The van der Waals surface area contributed by atoms with Crippen LogP contribution < -0.4 is 0 Å². The SMILES string of the molecule is Cn1ncc(Cl)c1C1CCCC1O. The number of hydrogen-bond donors (Lipinski definition) is 1.